The summed E-state index contributed by atoms with van der Waals surface area (Å²) in [6, 6.07) is 12.8. The SMILES string of the molecule is Cc1cccc(NC(C)c2ccccc2C(F)(F)F)c1. The van der Waals surface area contributed by atoms with Crippen LogP contribution in [0, 0.1) is 6.92 Å². The van der Waals surface area contributed by atoms with Gasteiger partial charge < -0.3 is 5.32 Å². The van der Waals surface area contributed by atoms with Crippen molar-refractivity contribution in [3.05, 3.63) is 65.2 Å². The highest BCUT2D eigenvalue weighted by atomic mass is 19.4. The maximum atomic E-state index is 13.0. The number of rotatable bonds is 3. The van der Waals surface area contributed by atoms with Crippen LogP contribution in [0.25, 0.3) is 0 Å². The van der Waals surface area contributed by atoms with Crippen molar-refractivity contribution in [3.63, 3.8) is 0 Å². The molecule has 1 nitrogen and oxygen atoms in total. The van der Waals surface area contributed by atoms with E-state index in [1.54, 1.807) is 13.0 Å². The zero-order valence-electron chi connectivity index (χ0n) is 11.3. The molecule has 0 heterocycles. The summed E-state index contributed by atoms with van der Waals surface area (Å²) in [5.41, 5.74) is 1.54. The lowest BCUT2D eigenvalue weighted by atomic mass is 10.0. The quantitative estimate of drug-likeness (QED) is 0.815. The molecule has 0 saturated carbocycles. The number of hydrogen-bond acceptors (Lipinski definition) is 1. The number of halogens is 3. The van der Waals surface area contributed by atoms with Gasteiger partial charge >= 0.3 is 6.18 Å². The molecule has 2 aromatic carbocycles. The first-order valence-electron chi connectivity index (χ1n) is 6.37. The normalized spacial score (nSPS) is 13.1. The first kappa shape index (κ1) is 14.4. The maximum Gasteiger partial charge on any atom is 0.416 e. The van der Waals surface area contributed by atoms with Crippen molar-refractivity contribution in [2.24, 2.45) is 0 Å². The molecule has 2 aromatic rings. The summed E-state index contributed by atoms with van der Waals surface area (Å²) < 4.78 is 39.0. The van der Waals surface area contributed by atoms with Gasteiger partial charge in [-0.2, -0.15) is 13.2 Å². The fourth-order valence-corrected chi connectivity index (χ4v) is 2.20. The number of anilines is 1. The molecule has 1 unspecified atom stereocenters. The molecule has 0 amide bonds. The summed E-state index contributed by atoms with van der Waals surface area (Å²) in [7, 11) is 0. The topological polar surface area (TPSA) is 12.0 Å². The Morgan fingerprint density at radius 2 is 1.70 bits per heavy atom. The van der Waals surface area contributed by atoms with Crippen LogP contribution in [0.1, 0.15) is 29.7 Å². The van der Waals surface area contributed by atoms with E-state index in [0.29, 0.717) is 0 Å². The molecule has 2 rings (SSSR count). The molecular formula is C16H16F3N. The number of nitrogens with one attached hydrogen (secondary N) is 1. The fraction of sp³-hybridized carbons (Fsp3) is 0.250. The summed E-state index contributed by atoms with van der Waals surface area (Å²) in [5, 5.41) is 3.11. The molecule has 1 atom stereocenters. The average molecular weight is 279 g/mol. The minimum absolute atomic E-state index is 0.251. The molecule has 1 N–H and O–H groups in total. The fourth-order valence-electron chi connectivity index (χ4n) is 2.20. The summed E-state index contributed by atoms with van der Waals surface area (Å²) >= 11 is 0. The van der Waals surface area contributed by atoms with E-state index in [2.05, 4.69) is 5.32 Å². The van der Waals surface area contributed by atoms with Gasteiger partial charge in [0, 0.05) is 11.7 Å². The largest absolute Gasteiger partial charge is 0.416 e. The number of alkyl halides is 3. The molecule has 106 valence electrons. The Hall–Kier alpha value is -1.97. The van der Waals surface area contributed by atoms with Gasteiger partial charge in [-0.3, -0.25) is 0 Å². The summed E-state index contributed by atoms with van der Waals surface area (Å²) in [6.45, 7) is 3.67. The zero-order valence-corrected chi connectivity index (χ0v) is 11.3. The third-order valence-corrected chi connectivity index (χ3v) is 3.13. The Balaban J connectivity index is 2.28. The van der Waals surface area contributed by atoms with E-state index in [0.717, 1.165) is 17.3 Å². The molecular weight excluding hydrogens is 263 g/mol. The number of hydrogen-bond donors (Lipinski definition) is 1. The van der Waals surface area contributed by atoms with Crippen LogP contribution in [0.3, 0.4) is 0 Å². The van der Waals surface area contributed by atoms with Crippen LogP contribution in [0.2, 0.25) is 0 Å². The van der Waals surface area contributed by atoms with Gasteiger partial charge in [0.05, 0.1) is 5.56 Å². The van der Waals surface area contributed by atoms with Crippen LogP contribution >= 0.6 is 0 Å². The lowest BCUT2D eigenvalue weighted by Gasteiger charge is -2.20. The molecule has 0 aromatic heterocycles. The van der Waals surface area contributed by atoms with Gasteiger partial charge in [0.1, 0.15) is 0 Å². The Bertz CT molecular complexity index is 590. The molecule has 0 radical (unpaired) electrons. The second kappa shape index (κ2) is 5.57. The van der Waals surface area contributed by atoms with Crippen molar-refractivity contribution in [2.45, 2.75) is 26.1 Å². The van der Waals surface area contributed by atoms with E-state index in [1.165, 1.54) is 12.1 Å². The lowest BCUT2D eigenvalue weighted by Crippen LogP contribution is -2.15. The number of aryl methyl sites for hydroxylation is 1. The van der Waals surface area contributed by atoms with Gasteiger partial charge in [0.2, 0.25) is 0 Å². The Kier molecular flexibility index (Phi) is 4.02. The van der Waals surface area contributed by atoms with Gasteiger partial charge in [-0.1, -0.05) is 30.3 Å². The standard InChI is InChI=1S/C16H16F3N/c1-11-6-5-7-13(10-11)20-12(2)14-8-3-4-9-15(14)16(17,18)19/h3-10,12,20H,1-2H3. The van der Waals surface area contributed by atoms with E-state index in [1.807, 2.05) is 31.2 Å². The molecule has 20 heavy (non-hydrogen) atoms. The molecule has 0 spiro atoms. The Morgan fingerprint density at radius 3 is 2.35 bits per heavy atom. The third-order valence-electron chi connectivity index (χ3n) is 3.13. The van der Waals surface area contributed by atoms with Gasteiger partial charge in [-0.25, -0.2) is 0 Å². The van der Waals surface area contributed by atoms with E-state index in [-0.39, 0.29) is 5.56 Å². The molecule has 0 bridgehead atoms. The van der Waals surface area contributed by atoms with Crippen molar-refractivity contribution >= 4 is 5.69 Å². The Labute approximate surface area is 116 Å². The van der Waals surface area contributed by atoms with E-state index in [9.17, 15) is 13.2 Å². The number of benzene rings is 2. The molecule has 0 aliphatic rings. The second-order valence-corrected chi connectivity index (χ2v) is 4.82. The minimum atomic E-state index is -4.33. The highest BCUT2D eigenvalue weighted by Crippen LogP contribution is 2.35. The molecule has 0 aliphatic heterocycles. The van der Waals surface area contributed by atoms with Crippen LogP contribution in [0.4, 0.5) is 18.9 Å². The monoisotopic (exact) mass is 279 g/mol. The van der Waals surface area contributed by atoms with Crippen molar-refractivity contribution in [1.29, 1.82) is 0 Å². The molecule has 0 fully saturated rings. The predicted molar refractivity (Wildman–Crippen MR) is 74.7 cm³/mol. The van der Waals surface area contributed by atoms with E-state index < -0.39 is 17.8 Å². The predicted octanol–water partition coefficient (Wildman–Crippen LogP) is 5.19. The second-order valence-electron chi connectivity index (χ2n) is 4.82. The Morgan fingerprint density at radius 1 is 1.00 bits per heavy atom. The summed E-state index contributed by atoms with van der Waals surface area (Å²) in [6.07, 6.45) is -4.33. The average Bonchev–Trinajstić information content (AvgIpc) is 2.37. The van der Waals surface area contributed by atoms with Crippen LogP contribution in [-0.2, 0) is 6.18 Å². The van der Waals surface area contributed by atoms with Gasteiger partial charge in [0.25, 0.3) is 0 Å². The zero-order chi connectivity index (χ0) is 14.8. The first-order valence-corrected chi connectivity index (χ1v) is 6.37. The lowest BCUT2D eigenvalue weighted by molar-refractivity contribution is -0.138. The van der Waals surface area contributed by atoms with Crippen LogP contribution in [-0.4, -0.2) is 0 Å². The van der Waals surface area contributed by atoms with Gasteiger partial charge in [0.15, 0.2) is 0 Å². The van der Waals surface area contributed by atoms with Gasteiger partial charge in [-0.05, 0) is 43.2 Å². The van der Waals surface area contributed by atoms with Crippen molar-refractivity contribution in [3.8, 4) is 0 Å². The van der Waals surface area contributed by atoms with Crippen molar-refractivity contribution in [1.82, 2.24) is 0 Å². The summed E-state index contributed by atoms with van der Waals surface area (Å²) in [4.78, 5) is 0. The maximum absolute atomic E-state index is 13.0. The van der Waals surface area contributed by atoms with Gasteiger partial charge in [-0.15, -0.1) is 0 Å². The smallest absolute Gasteiger partial charge is 0.378 e. The third kappa shape index (κ3) is 3.32. The molecule has 4 heteroatoms. The molecule has 0 aliphatic carbocycles. The minimum Gasteiger partial charge on any atom is -0.378 e. The van der Waals surface area contributed by atoms with Crippen molar-refractivity contribution in [2.75, 3.05) is 5.32 Å². The first-order chi connectivity index (χ1) is 9.38. The van der Waals surface area contributed by atoms with Crippen molar-refractivity contribution < 1.29 is 13.2 Å². The van der Waals surface area contributed by atoms with E-state index in [4.69, 9.17) is 0 Å². The van der Waals surface area contributed by atoms with Crippen LogP contribution < -0.4 is 5.32 Å². The highest BCUT2D eigenvalue weighted by molar-refractivity contribution is 5.48. The molecule has 0 saturated heterocycles. The van der Waals surface area contributed by atoms with Crippen LogP contribution in [0.5, 0.6) is 0 Å². The highest BCUT2D eigenvalue weighted by Gasteiger charge is 2.34. The van der Waals surface area contributed by atoms with E-state index >= 15 is 0 Å². The summed E-state index contributed by atoms with van der Waals surface area (Å²) in [5.74, 6) is 0. The van der Waals surface area contributed by atoms with Crippen LogP contribution in [0.15, 0.2) is 48.5 Å².